The lowest BCUT2D eigenvalue weighted by Gasteiger charge is -2.42. The minimum absolute atomic E-state index is 0.00608. The van der Waals surface area contributed by atoms with Crippen molar-refractivity contribution in [2.75, 3.05) is 42.3 Å². The van der Waals surface area contributed by atoms with E-state index in [1.165, 1.54) is 31.7 Å². The molecule has 1 atom stereocenters. The van der Waals surface area contributed by atoms with Crippen LogP contribution < -0.4 is 20.3 Å². The van der Waals surface area contributed by atoms with Crippen LogP contribution in [0, 0.1) is 0 Å². The summed E-state index contributed by atoms with van der Waals surface area (Å²) in [6.45, 7) is 2.00. The third-order valence-electron chi connectivity index (χ3n) is 4.67. The second-order valence-electron chi connectivity index (χ2n) is 6.69. The third kappa shape index (κ3) is 5.29. The number of ether oxygens (including phenoxy) is 1. The van der Waals surface area contributed by atoms with Gasteiger partial charge in [-0.2, -0.15) is 4.98 Å². The Hall–Kier alpha value is -3.64. The maximum atomic E-state index is 14.7. The molecule has 13 heteroatoms. The smallest absolute Gasteiger partial charge is 0.323 e. The number of hydrogen-bond acceptors (Lipinski definition) is 8. The third-order valence-corrected chi connectivity index (χ3v) is 4.67. The van der Waals surface area contributed by atoms with E-state index in [1.807, 2.05) is 0 Å². The van der Waals surface area contributed by atoms with Crippen LogP contribution in [0.15, 0.2) is 24.7 Å². The number of alkyl halides is 2. The Kier molecular flexibility index (Phi) is 6.72. The van der Waals surface area contributed by atoms with Gasteiger partial charge in [0, 0.05) is 32.8 Å². The fourth-order valence-electron chi connectivity index (χ4n) is 3.06. The topological polar surface area (TPSA) is 125 Å². The summed E-state index contributed by atoms with van der Waals surface area (Å²) < 4.78 is 34.5. The molecule has 0 bridgehead atoms. The summed E-state index contributed by atoms with van der Waals surface area (Å²) >= 11 is 0. The van der Waals surface area contributed by atoms with Crippen LogP contribution in [0.1, 0.15) is 13.3 Å². The van der Waals surface area contributed by atoms with Gasteiger partial charge in [0.05, 0.1) is 19.0 Å². The van der Waals surface area contributed by atoms with Crippen LogP contribution in [-0.2, 0) is 4.79 Å². The van der Waals surface area contributed by atoms with Crippen molar-refractivity contribution in [1.82, 2.24) is 24.8 Å². The molecule has 3 heterocycles. The first-order chi connectivity index (χ1) is 14.8. The minimum atomic E-state index is -3.12. The SMILES string of the molecule is CCOc1cnc(NC(=O)N(C)C2CN(c3nccc(NC=O)n3)CCC2(F)F)cn1. The summed E-state index contributed by atoms with van der Waals surface area (Å²) in [7, 11) is 1.28. The molecule has 3 amide bonds. The number of carbonyl (C=O) groups excluding carboxylic acids is 2. The Morgan fingerprint density at radius 1 is 1.35 bits per heavy atom. The molecule has 31 heavy (non-hydrogen) atoms. The monoisotopic (exact) mass is 436 g/mol. The van der Waals surface area contributed by atoms with E-state index >= 15 is 0 Å². The first kappa shape index (κ1) is 22.1. The van der Waals surface area contributed by atoms with Crippen LogP contribution in [0.4, 0.5) is 31.2 Å². The highest BCUT2D eigenvalue weighted by Crippen LogP contribution is 2.33. The molecule has 0 spiro atoms. The van der Waals surface area contributed by atoms with Crippen molar-refractivity contribution in [2.24, 2.45) is 0 Å². The number of aromatic nitrogens is 4. The molecular formula is C18H22F2N8O3. The average molecular weight is 436 g/mol. The van der Waals surface area contributed by atoms with Crippen molar-refractivity contribution in [3.63, 3.8) is 0 Å². The Morgan fingerprint density at radius 2 is 2.16 bits per heavy atom. The fraction of sp³-hybridized carbons (Fsp3) is 0.444. The number of nitrogens with zero attached hydrogens (tertiary/aromatic N) is 6. The average Bonchev–Trinajstić information content (AvgIpc) is 2.75. The van der Waals surface area contributed by atoms with Gasteiger partial charge in [0.2, 0.25) is 18.2 Å². The van der Waals surface area contributed by atoms with Gasteiger partial charge in [0.15, 0.2) is 5.82 Å². The molecule has 0 aliphatic carbocycles. The molecule has 2 N–H and O–H groups in total. The summed E-state index contributed by atoms with van der Waals surface area (Å²) in [6, 6.07) is -0.726. The van der Waals surface area contributed by atoms with Crippen molar-refractivity contribution in [3.8, 4) is 5.88 Å². The Morgan fingerprint density at radius 3 is 2.84 bits per heavy atom. The van der Waals surface area contributed by atoms with Crippen LogP contribution in [0.3, 0.4) is 0 Å². The van der Waals surface area contributed by atoms with E-state index in [0.29, 0.717) is 13.0 Å². The molecule has 0 saturated carbocycles. The number of nitrogens with one attached hydrogen (secondary N) is 2. The predicted molar refractivity (Wildman–Crippen MR) is 107 cm³/mol. The van der Waals surface area contributed by atoms with Gasteiger partial charge in [-0.15, -0.1) is 0 Å². The van der Waals surface area contributed by atoms with Gasteiger partial charge in [-0.05, 0) is 13.0 Å². The lowest BCUT2D eigenvalue weighted by molar-refractivity contribution is -0.105. The molecule has 1 aliphatic rings. The highest BCUT2D eigenvalue weighted by Gasteiger charge is 2.48. The van der Waals surface area contributed by atoms with Crippen LogP contribution in [0.25, 0.3) is 0 Å². The molecule has 166 valence electrons. The summed E-state index contributed by atoms with van der Waals surface area (Å²) in [4.78, 5) is 41.9. The van der Waals surface area contributed by atoms with Gasteiger partial charge in [-0.25, -0.2) is 28.5 Å². The van der Waals surface area contributed by atoms with Gasteiger partial charge >= 0.3 is 6.03 Å². The highest BCUT2D eigenvalue weighted by atomic mass is 19.3. The minimum Gasteiger partial charge on any atom is -0.477 e. The van der Waals surface area contributed by atoms with E-state index in [2.05, 4.69) is 30.6 Å². The van der Waals surface area contributed by atoms with Crippen molar-refractivity contribution in [3.05, 3.63) is 24.7 Å². The van der Waals surface area contributed by atoms with Crippen molar-refractivity contribution < 1.29 is 23.1 Å². The maximum absolute atomic E-state index is 14.7. The zero-order valence-electron chi connectivity index (χ0n) is 17.0. The number of piperidine rings is 1. The van der Waals surface area contributed by atoms with Gasteiger partial charge in [0.1, 0.15) is 11.9 Å². The van der Waals surface area contributed by atoms with E-state index in [-0.39, 0.29) is 36.6 Å². The van der Waals surface area contributed by atoms with Crippen LogP contribution in [-0.4, -0.2) is 76.0 Å². The summed E-state index contributed by atoms with van der Waals surface area (Å²) in [5.74, 6) is -2.30. The lowest BCUT2D eigenvalue weighted by Crippen LogP contribution is -2.60. The van der Waals surface area contributed by atoms with Crippen LogP contribution >= 0.6 is 0 Å². The predicted octanol–water partition coefficient (Wildman–Crippen LogP) is 1.61. The second kappa shape index (κ2) is 9.45. The largest absolute Gasteiger partial charge is 0.477 e. The molecule has 0 radical (unpaired) electrons. The maximum Gasteiger partial charge on any atom is 0.323 e. The molecule has 1 unspecified atom stereocenters. The number of anilines is 3. The Bertz CT molecular complexity index is 915. The molecule has 11 nitrogen and oxygen atoms in total. The zero-order chi connectivity index (χ0) is 22.4. The van der Waals surface area contributed by atoms with Crippen LogP contribution in [0.2, 0.25) is 0 Å². The molecular weight excluding hydrogens is 414 g/mol. The number of urea groups is 1. The molecule has 1 fully saturated rings. The summed E-state index contributed by atoms with van der Waals surface area (Å²) in [5.41, 5.74) is 0. The van der Waals surface area contributed by atoms with E-state index in [4.69, 9.17) is 4.74 Å². The molecule has 3 rings (SSSR count). The van der Waals surface area contributed by atoms with Crippen LogP contribution in [0.5, 0.6) is 5.88 Å². The van der Waals surface area contributed by atoms with Crippen molar-refractivity contribution >= 4 is 30.0 Å². The highest BCUT2D eigenvalue weighted by molar-refractivity contribution is 5.88. The van der Waals surface area contributed by atoms with E-state index in [9.17, 15) is 18.4 Å². The van der Waals surface area contributed by atoms with Crippen molar-refractivity contribution in [1.29, 1.82) is 0 Å². The zero-order valence-corrected chi connectivity index (χ0v) is 17.0. The summed E-state index contributed by atoms with van der Waals surface area (Å²) in [5, 5.41) is 4.84. The van der Waals surface area contributed by atoms with Gasteiger partial charge in [-0.1, -0.05) is 0 Å². The van der Waals surface area contributed by atoms with Gasteiger partial charge in [-0.3, -0.25) is 10.1 Å². The Labute approximate surface area is 176 Å². The number of rotatable bonds is 7. The first-order valence-corrected chi connectivity index (χ1v) is 9.48. The molecule has 1 saturated heterocycles. The molecule has 1 aliphatic heterocycles. The summed E-state index contributed by atoms with van der Waals surface area (Å²) in [6.07, 6.45) is 3.99. The molecule has 0 aromatic carbocycles. The number of likely N-dealkylation sites (N-methyl/N-ethyl adjacent to an activating group) is 1. The number of hydrogen-bond donors (Lipinski definition) is 2. The normalized spacial score (nSPS) is 17.5. The molecule has 2 aromatic rings. The standard InChI is InChI=1S/C18H22F2N8O3/c1-3-31-15-9-22-14(8-23-15)26-17(30)27(2)12-10-28(7-5-18(12,19)20)16-21-6-4-13(25-16)24-11-29/h4,6,8-9,11-12H,3,5,7,10H2,1-2H3,(H,22,26,30)(H,21,24,25,29). The number of halogens is 2. The quantitative estimate of drug-likeness (QED) is 0.627. The molecule has 2 aromatic heterocycles. The first-order valence-electron chi connectivity index (χ1n) is 9.48. The van der Waals surface area contributed by atoms with E-state index in [1.54, 1.807) is 11.8 Å². The second-order valence-corrected chi connectivity index (χ2v) is 6.69. The van der Waals surface area contributed by atoms with Gasteiger partial charge in [0.25, 0.3) is 5.92 Å². The number of carbonyl (C=O) groups is 2. The van der Waals surface area contributed by atoms with E-state index in [0.717, 1.165) is 4.90 Å². The lowest BCUT2D eigenvalue weighted by atomic mass is 10.00. The van der Waals surface area contributed by atoms with Crippen molar-refractivity contribution in [2.45, 2.75) is 25.3 Å². The Balaban J connectivity index is 1.71. The van der Waals surface area contributed by atoms with E-state index < -0.39 is 24.4 Å². The number of amides is 3. The fourth-order valence-corrected chi connectivity index (χ4v) is 3.06. The van der Waals surface area contributed by atoms with Gasteiger partial charge < -0.3 is 19.9 Å².